The molecule has 4 heterocycles. The minimum absolute atomic E-state index is 0.554. The predicted molar refractivity (Wildman–Crippen MR) is 105 cm³/mol. The first-order valence-corrected chi connectivity index (χ1v) is 8.73. The van der Waals surface area contributed by atoms with Crippen LogP contribution in [0.15, 0.2) is 54.9 Å². The fourth-order valence-corrected chi connectivity index (χ4v) is 2.93. The molecule has 27 heavy (non-hydrogen) atoms. The van der Waals surface area contributed by atoms with Crippen molar-refractivity contribution in [1.82, 2.24) is 24.3 Å². The van der Waals surface area contributed by atoms with Crippen LogP contribution in [0.5, 0.6) is 0 Å². The van der Waals surface area contributed by atoms with Crippen LogP contribution in [0, 0.1) is 6.92 Å². The van der Waals surface area contributed by atoms with E-state index in [2.05, 4.69) is 20.3 Å². The van der Waals surface area contributed by atoms with Crippen molar-refractivity contribution in [3.05, 3.63) is 60.6 Å². The van der Waals surface area contributed by atoms with E-state index >= 15 is 0 Å². The van der Waals surface area contributed by atoms with Gasteiger partial charge in [-0.1, -0.05) is 12.1 Å². The summed E-state index contributed by atoms with van der Waals surface area (Å²) in [4.78, 5) is 18.4. The summed E-state index contributed by atoms with van der Waals surface area (Å²) in [6, 6.07) is 13.7. The van der Waals surface area contributed by atoms with E-state index < -0.39 is 0 Å². The van der Waals surface area contributed by atoms with Gasteiger partial charge in [-0.05, 0) is 37.3 Å². The molecule has 1 N–H and O–H groups in total. The van der Waals surface area contributed by atoms with Crippen molar-refractivity contribution < 1.29 is 4.74 Å². The second kappa shape index (κ2) is 7.51. The van der Waals surface area contributed by atoms with E-state index in [1.807, 2.05) is 60.0 Å². The molecule has 136 valence electrons. The number of methoxy groups -OCH3 is 1. The summed E-state index contributed by atoms with van der Waals surface area (Å²) >= 11 is 0. The van der Waals surface area contributed by atoms with Gasteiger partial charge in [0, 0.05) is 31.7 Å². The summed E-state index contributed by atoms with van der Waals surface area (Å²) in [5, 5.41) is 3.17. The first-order valence-electron chi connectivity index (χ1n) is 8.73. The summed E-state index contributed by atoms with van der Waals surface area (Å²) in [5.41, 5.74) is 5.08. The average Bonchev–Trinajstić information content (AvgIpc) is 3.08. The van der Waals surface area contributed by atoms with E-state index in [4.69, 9.17) is 9.72 Å². The third kappa shape index (κ3) is 3.50. The van der Waals surface area contributed by atoms with Crippen LogP contribution in [0.3, 0.4) is 0 Å². The molecule has 7 heteroatoms. The zero-order chi connectivity index (χ0) is 18.6. The van der Waals surface area contributed by atoms with Gasteiger partial charge in [-0.3, -0.25) is 9.38 Å². The van der Waals surface area contributed by atoms with Crippen molar-refractivity contribution in [2.45, 2.75) is 6.92 Å². The number of imidazole rings is 1. The number of anilines is 1. The highest BCUT2D eigenvalue weighted by Gasteiger charge is 2.18. The molecule has 0 fully saturated rings. The number of nitrogens with zero attached hydrogens (tertiary/aromatic N) is 5. The Morgan fingerprint density at radius 3 is 2.78 bits per heavy atom. The largest absolute Gasteiger partial charge is 0.383 e. The Hall–Kier alpha value is -3.32. The molecule has 0 aliphatic heterocycles. The molecule has 4 aromatic heterocycles. The van der Waals surface area contributed by atoms with Crippen LogP contribution in [0.25, 0.3) is 28.4 Å². The van der Waals surface area contributed by atoms with E-state index in [1.165, 1.54) is 0 Å². The van der Waals surface area contributed by atoms with E-state index in [1.54, 1.807) is 13.3 Å². The van der Waals surface area contributed by atoms with Crippen LogP contribution in [-0.2, 0) is 4.74 Å². The maximum atomic E-state index is 5.07. The van der Waals surface area contributed by atoms with Gasteiger partial charge in [-0.25, -0.2) is 15.0 Å². The molecule has 0 unspecified atom stereocenters. The van der Waals surface area contributed by atoms with E-state index in [9.17, 15) is 0 Å². The fraction of sp³-hybridized carbons (Fsp3) is 0.200. The van der Waals surface area contributed by atoms with Gasteiger partial charge < -0.3 is 10.1 Å². The van der Waals surface area contributed by atoms with Gasteiger partial charge in [0.1, 0.15) is 17.0 Å². The Balaban J connectivity index is 1.86. The Kier molecular flexibility index (Phi) is 4.76. The van der Waals surface area contributed by atoms with Crippen LogP contribution in [-0.4, -0.2) is 44.6 Å². The monoisotopic (exact) mass is 360 g/mol. The predicted octanol–water partition coefficient (Wildman–Crippen LogP) is 3.22. The van der Waals surface area contributed by atoms with Crippen molar-refractivity contribution in [3.8, 4) is 22.8 Å². The summed E-state index contributed by atoms with van der Waals surface area (Å²) in [6.45, 7) is 3.20. The number of aryl methyl sites for hydroxylation is 1. The lowest BCUT2D eigenvalue weighted by molar-refractivity contribution is 0.210. The van der Waals surface area contributed by atoms with E-state index in [0.717, 1.165) is 34.1 Å². The lowest BCUT2D eigenvalue weighted by Crippen LogP contribution is -2.10. The molecule has 0 bridgehead atoms. The molecule has 4 aromatic rings. The van der Waals surface area contributed by atoms with Crippen molar-refractivity contribution in [1.29, 1.82) is 0 Å². The molecule has 7 nitrogen and oxygen atoms in total. The lowest BCUT2D eigenvalue weighted by atomic mass is 10.1. The second-order valence-electron chi connectivity index (χ2n) is 6.09. The van der Waals surface area contributed by atoms with Gasteiger partial charge in [-0.2, -0.15) is 0 Å². The minimum Gasteiger partial charge on any atom is -0.383 e. The molecular weight excluding hydrogens is 340 g/mol. The summed E-state index contributed by atoms with van der Waals surface area (Å²) in [7, 11) is 1.67. The zero-order valence-electron chi connectivity index (χ0n) is 15.3. The van der Waals surface area contributed by atoms with Gasteiger partial charge in [0.25, 0.3) is 0 Å². The van der Waals surface area contributed by atoms with Gasteiger partial charge in [0.2, 0.25) is 5.95 Å². The number of hydrogen-bond acceptors (Lipinski definition) is 6. The maximum absolute atomic E-state index is 5.07. The Labute approximate surface area is 157 Å². The molecule has 0 aliphatic rings. The number of pyridine rings is 2. The molecule has 0 radical (unpaired) electrons. The molecule has 4 rings (SSSR count). The van der Waals surface area contributed by atoms with Gasteiger partial charge >= 0.3 is 0 Å². The number of rotatable bonds is 6. The Bertz CT molecular complexity index is 1070. The van der Waals surface area contributed by atoms with Gasteiger partial charge in [0.15, 0.2) is 0 Å². The highest BCUT2D eigenvalue weighted by atomic mass is 16.5. The molecular formula is C20H20N6O. The molecule has 0 amide bonds. The van der Waals surface area contributed by atoms with Crippen molar-refractivity contribution in [2.24, 2.45) is 0 Å². The Morgan fingerprint density at radius 1 is 1.00 bits per heavy atom. The van der Waals surface area contributed by atoms with E-state index in [0.29, 0.717) is 19.1 Å². The van der Waals surface area contributed by atoms with Crippen LogP contribution >= 0.6 is 0 Å². The number of hydrogen-bond donors (Lipinski definition) is 1. The third-order valence-electron chi connectivity index (χ3n) is 4.15. The lowest BCUT2D eigenvalue weighted by Gasteiger charge is -2.08. The van der Waals surface area contributed by atoms with Crippen molar-refractivity contribution >= 4 is 11.6 Å². The smallest absolute Gasteiger partial charge is 0.223 e. The number of aromatic nitrogens is 5. The molecule has 0 aliphatic carbocycles. The summed E-state index contributed by atoms with van der Waals surface area (Å²) in [5.74, 6) is 0.554. The van der Waals surface area contributed by atoms with Crippen LogP contribution in [0.1, 0.15) is 5.69 Å². The topological polar surface area (TPSA) is 77.2 Å². The van der Waals surface area contributed by atoms with Crippen molar-refractivity contribution in [3.63, 3.8) is 0 Å². The van der Waals surface area contributed by atoms with Gasteiger partial charge in [-0.15, -0.1) is 0 Å². The van der Waals surface area contributed by atoms with Crippen LogP contribution in [0.2, 0.25) is 0 Å². The number of nitrogens with one attached hydrogen (secondary N) is 1. The first-order chi connectivity index (χ1) is 13.3. The standard InChI is InChI=1S/C20H20N6O/c1-14-6-5-7-15(23-14)18-19(26-12-4-3-8-17(26)25-18)16-9-10-21-20(24-16)22-11-13-27-2/h3-10,12H,11,13H2,1-2H3,(H,21,22,24). The molecule has 0 saturated carbocycles. The zero-order valence-corrected chi connectivity index (χ0v) is 15.3. The molecule has 0 saturated heterocycles. The highest BCUT2D eigenvalue weighted by molar-refractivity contribution is 5.79. The maximum Gasteiger partial charge on any atom is 0.223 e. The fourth-order valence-electron chi connectivity index (χ4n) is 2.93. The van der Waals surface area contributed by atoms with Gasteiger partial charge in [0.05, 0.1) is 18.0 Å². The SMILES string of the molecule is COCCNc1nccc(-c2c(-c3cccc(C)n3)nc3ccccn23)n1. The molecule has 0 spiro atoms. The van der Waals surface area contributed by atoms with Crippen LogP contribution in [0.4, 0.5) is 5.95 Å². The van der Waals surface area contributed by atoms with Crippen molar-refractivity contribution in [2.75, 3.05) is 25.6 Å². The molecule has 0 atom stereocenters. The third-order valence-corrected chi connectivity index (χ3v) is 4.15. The Morgan fingerprint density at radius 2 is 1.93 bits per heavy atom. The first kappa shape index (κ1) is 17.1. The van der Waals surface area contributed by atoms with Crippen LogP contribution < -0.4 is 5.32 Å². The number of fused-ring (bicyclic) bond motifs is 1. The second-order valence-corrected chi connectivity index (χ2v) is 6.09. The normalized spacial score (nSPS) is 11.0. The average molecular weight is 360 g/mol. The van der Waals surface area contributed by atoms with E-state index in [-0.39, 0.29) is 0 Å². The minimum atomic E-state index is 0.554. The highest BCUT2D eigenvalue weighted by Crippen LogP contribution is 2.31. The summed E-state index contributed by atoms with van der Waals surface area (Å²) < 4.78 is 7.10. The molecule has 0 aromatic carbocycles. The quantitative estimate of drug-likeness (QED) is 0.532. The summed E-state index contributed by atoms with van der Waals surface area (Å²) in [6.07, 6.45) is 3.73. The number of ether oxygens (including phenoxy) is 1.